The Morgan fingerprint density at radius 3 is 3.11 bits per heavy atom. The molecule has 1 aliphatic carbocycles. The highest BCUT2D eigenvalue weighted by Crippen LogP contribution is 2.33. The van der Waals surface area contributed by atoms with Crippen molar-refractivity contribution in [1.82, 2.24) is 20.6 Å². The fourth-order valence-electron chi connectivity index (χ4n) is 3.24. The van der Waals surface area contributed by atoms with Crippen LogP contribution in [-0.2, 0) is 11.3 Å². The summed E-state index contributed by atoms with van der Waals surface area (Å²) in [6.07, 6.45) is 9.29. The molecule has 1 aliphatic heterocycles. The Morgan fingerprint density at radius 2 is 2.32 bits per heavy atom. The fourth-order valence-corrected chi connectivity index (χ4v) is 3.24. The van der Waals surface area contributed by atoms with Crippen molar-refractivity contribution in [3.63, 3.8) is 0 Å². The smallest absolute Gasteiger partial charge is 0.237 e. The van der Waals surface area contributed by atoms with E-state index >= 15 is 0 Å². The Labute approximate surface area is 113 Å². The van der Waals surface area contributed by atoms with Crippen LogP contribution in [-0.4, -0.2) is 28.0 Å². The van der Waals surface area contributed by atoms with Gasteiger partial charge < -0.3 is 10.6 Å². The van der Waals surface area contributed by atoms with Gasteiger partial charge in [-0.3, -0.25) is 4.79 Å². The molecule has 0 radical (unpaired) electrons. The predicted octanol–water partition coefficient (Wildman–Crippen LogP) is 1.01. The number of nitrogens with one attached hydrogen (secondary N) is 2. The molecule has 1 saturated heterocycles. The molecule has 1 saturated carbocycles. The molecule has 2 heterocycles. The first-order valence-corrected chi connectivity index (χ1v) is 7.11. The van der Waals surface area contributed by atoms with Crippen LogP contribution in [0.1, 0.15) is 37.8 Å². The van der Waals surface area contributed by atoms with Gasteiger partial charge in [-0.25, -0.2) is 9.97 Å². The maximum atomic E-state index is 12.1. The molecule has 5 heteroatoms. The summed E-state index contributed by atoms with van der Waals surface area (Å²) in [7, 11) is 0. The van der Waals surface area contributed by atoms with Crippen LogP contribution in [0.3, 0.4) is 0 Å². The average molecular weight is 260 g/mol. The Hall–Kier alpha value is -1.49. The lowest BCUT2D eigenvalue weighted by atomic mass is 9.85. The van der Waals surface area contributed by atoms with E-state index in [9.17, 15) is 4.79 Å². The highest BCUT2D eigenvalue weighted by molar-refractivity contribution is 5.82. The van der Waals surface area contributed by atoms with Gasteiger partial charge >= 0.3 is 0 Å². The number of nitrogens with zero attached hydrogens (tertiary/aromatic N) is 2. The first-order valence-electron chi connectivity index (χ1n) is 7.11. The van der Waals surface area contributed by atoms with Gasteiger partial charge in [-0.1, -0.05) is 12.8 Å². The number of rotatable bonds is 3. The molecule has 0 aromatic carbocycles. The maximum Gasteiger partial charge on any atom is 0.237 e. The van der Waals surface area contributed by atoms with Crippen molar-refractivity contribution in [2.45, 2.75) is 50.7 Å². The first kappa shape index (κ1) is 12.5. The van der Waals surface area contributed by atoms with E-state index in [-0.39, 0.29) is 11.9 Å². The largest absolute Gasteiger partial charge is 0.349 e. The highest BCUT2D eigenvalue weighted by Gasteiger charge is 2.37. The van der Waals surface area contributed by atoms with Crippen molar-refractivity contribution in [3.8, 4) is 0 Å². The summed E-state index contributed by atoms with van der Waals surface area (Å²) in [5, 5.41) is 6.44. The maximum absolute atomic E-state index is 12.1. The SMILES string of the molecule is O=C(NCc1ccncn1)C1CC2CCCCC2N1. The zero-order valence-corrected chi connectivity index (χ0v) is 11.0. The lowest BCUT2D eigenvalue weighted by molar-refractivity contribution is -0.123. The van der Waals surface area contributed by atoms with Gasteiger partial charge in [0.2, 0.25) is 5.91 Å². The zero-order valence-electron chi connectivity index (χ0n) is 11.0. The van der Waals surface area contributed by atoms with E-state index in [4.69, 9.17) is 0 Å². The van der Waals surface area contributed by atoms with E-state index < -0.39 is 0 Å². The molecule has 102 valence electrons. The van der Waals surface area contributed by atoms with Gasteiger partial charge in [0, 0.05) is 12.2 Å². The number of fused-ring (bicyclic) bond motifs is 1. The molecular formula is C14H20N4O. The molecule has 3 rings (SSSR count). The van der Waals surface area contributed by atoms with Crippen LogP contribution < -0.4 is 10.6 Å². The summed E-state index contributed by atoms with van der Waals surface area (Å²) in [5.74, 6) is 0.802. The van der Waals surface area contributed by atoms with Gasteiger partial charge in [0.1, 0.15) is 6.33 Å². The molecule has 3 unspecified atom stereocenters. The molecule has 0 bridgehead atoms. The average Bonchev–Trinajstić information content (AvgIpc) is 2.90. The van der Waals surface area contributed by atoms with Crippen LogP contribution in [0.4, 0.5) is 0 Å². The number of aromatic nitrogens is 2. The number of amides is 1. The number of hydrogen-bond donors (Lipinski definition) is 2. The third kappa shape index (κ3) is 2.92. The minimum Gasteiger partial charge on any atom is -0.349 e. The van der Waals surface area contributed by atoms with Gasteiger partial charge in [0.15, 0.2) is 0 Å². The van der Waals surface area contributed by atoms with Gasteiger partial charge in [-0.15, -0.1) is 0 Å². The van der Waals surface area contributed by atoms with Crippen LogP contribution >= 0.6 is 0 Å². The molecule has 1 amide bonds. The Kier molecular flexibility index (Phi) is 3.73. The van der Waals surface area contributed by atoms with Gasteiger partial charge in [-0.2, -0.15) is 0 Å². The summed E-state index contributed by atoms with van der Waals surface area (Å²) in [5.41, 5.74) is 0.846. The van der Waals surface area contributed by atoms with Crippen LogP contribution in [0.5, 0.6) is 0 Å². The van der Waals surface area contributed by atoms with E-state index in [0.29, 0.717) is 18.5 Å². The molecule has 1 aromatic heterocycles. The molecule has 1 aromatic rings. The molecule has 2 aliphatic rings. The minimum absolute atomic E-state index is 0.0186. The lowest BCUT2D eigenvalue weighted by Crippen LogP contribution is -2.42. The number of carbonyl (C=O) groups excluding carboxylic acids is 1. The predicted molar refractivity (Wildman–Crippen MR) is 71.2 cm³/mol. The topological polar surface area (TPSA) is 66.9 Å². The Bertz CT molecular complexity index is 422. The first-order chi connectivity index (χ1) is 9.33. The Balaban J connectivity index is 1.51. The summed E-state index contributed by atoms with van der Waals surface area (Å²) in [6.45, 7) is 0.481. The minimum atomic E-state index is -0.0186. The summed E-state index contributed by atoms with van der Waals surface area (Å²) >= 11 is 0. The zero-order chi connectivity index (χ0) is 13.1. The fraction of sp³-hybridized carbons (Fsp3) is 0.643. The number of hydrogen-bond acceptors (Lipinski definition) is 4. The van der Waals surface area contributed by atoms with Gasteiger partial charge in [0.05, 0.1) is 18.3 Å². The van der Waals surface area contributed by atoms with Crippen molar-refractivity contribution in [2.24, 2.45) is 5.92 Å². The van der Waals surface area contributed by atoms with Crippen LogP contribution in [0.15, 0.2) is 18.6 Å². The third-order valence-electron chi connectivity index (χ3n) is 4.27. The van der Waals surface area contributed by atoms with Crippen molar-refractivity contribution in [1.29, 1.82) is 0 Å². The highest BCUT2D eigenvalue weighted by atomic mass is 16.2. The summed E-state index contributed by atoms with van der Waals surface area (Å²) < 4.78 is 0. The second-order valence-corrected chi connectivity index (χ2v) is 5.52. The standard InChI is InChI=1S/C14H20N4O/c19-14(16-8-11-5-6-15-9-17-11)13-7-10-3-1-2-4-12(10)18-13/h5-6,9-10,12-13,18H,1-4,7-8H2,(H,16,19). The van der Waals surface area contributed by atoms with Crippen molar-refractivity contribution in [2.75, 3.05) is 0 Å². The van der Waals surface area contributed by atoms with Crippen LogP contribution in [0.25, 0.3) is 0 Å². The van der Waals surface area contributed by atoms with E-state index in [2.05, 4.69) is 20.6 Å². The van der Waals surface area contributed by atoms with E-state index in [1.54, 1.807) is 6.20 Å². The summed E-state index contributed by atoms with van der Waals surface area (Å²) in [4.78, 5) is 20.1. The third-order valence-corrected chi connectivity index (χ3v) is 4.27. The normalized spacial score (nSPS) is 29.8. The molecule has 0 spiro atoms. The summed E-state index contributed by atoms with van der Waals surface area (Å²) in [6, 6.07) is 2.36. The van der Waals surface area contributed by atoms with E-state index in [1.807, 2.05) is 6.07 Å². The van der Waals surface area contributed by atoms with E-state index in [0.717, 1.165) is 12.1 Å². The molecule has 2 fully saturated rings. The Morgan fingerprint density at radius 1 is 1.42 bits per heavy atom. The quantitative estimate of drug-likeness (QED) is 0.851. The molecule has 3 atom stereocenters. The molecule has 2 N–H and O–H groups in total. The second-order valence-electron chi connectivity index (χ2n) is 5.52. The van der Waals surface area contributed by atoms with Crippen molar-refractivity contribution < 1.29 is 4.79 Å². The van der Waals surface area contributed by atoms with E-state index in [1.165, 1.54) is 32.0 Å². The number of carbonyl (C=O) groups is 1. The van der Waals surface area contributed by atoms with Crippen molar-refractivity contribution >= 4 is 5.91 Å². The molecule has 19 heavy (non-hydrogen) atoms. The second kappa shape index (κ2) is 5.65. The monoisotopic (exact) mass is 260 g/mol. The lowest BCUT2D eigenvalue weighted by Gasteiger charge is -2.24. The van der Waals surface area contributed by atoms with Gasteiger partial charge in [-0.05, 0) is 31.2 Å². The molecular weight excluding hydrogens is 240 g/mol. The van der Waals surface area contributed by atoms with Crippen LogP contribution in [0, 0.1) is 5.92 Å². The van der Waals surface area contributed by atoms with Gasteiger partial charge in [0.25, 0.3) is 0 Å². The van der Waals surface area contributed by atoms with Crippen molar-refractivity contribution in [3.05, 3.63) is 24.3 Å². The van der Waals surface area contributed by atoms with Crippen LogP contribution in [0.2, 0.25) is 0 Å². The molecule has 5 nitrogen and oxygen atoms in total.